The number of carbonyl (C=O) groups excluding carboxylic acids is 1. The number of ether oxygens (including phenoxy) is 2. The molecule has 4 rings (SSSR count). The average Bonchev–Trinajstić information content (AvgIpc) is 2.85. The van der Waals surface area contributed by atoms with E-state index in [1.54, 1.807) is 30.5 Å². The lowest BCUT2D eigenvalue weighted by Gasteiger charge is -2.26. The van der Waals surface area contributed by atoms with Crippen molar-refractivity contribution in [1.82, 2.24) is 15.2 Å². The van der Waals surface area contributed by atoms with Gasteiger partial charge in [0.15, 0.2) is 11.6 Å². The molecular formula is C25H26ClFN4O3. The Kier molecular flexibility index (Phi) is 7.95. The van der Waals surface area contributed by atoms with E-state index in [0.29, 0.717) is 23.4 Å². The van der Waals surface area contributed by atoms with Crippen LogP contribution in [-0.2, 0) is 11.3 Å². The van der Waals surface area contributed by atoms with Crippen LogP contribution in [0.15, 0.2) is 54.7 Å². The average molecular weight is 485 g/mol. The molecule has 2 heterocycles. The Labute approximate surface area is 202 Å². The van der Waals surface area contributed by atoms with Crippen LogP contribution < -0.4 is 15.8 Å². The number of rotatable bonds is 8. The predicted molar refractivity (Wildman–Crippen MR) is 129 cm³/mol. The largest absolute Gasteiger partial charge is 0.485 e. The Balaban J connectivity index is 1.36. The lowest BCUT2D eigenvalue weighted by molar-refractivity contribution is 0.0383. The zero-order valence-electron chi connectivity index (χ0n) is 18.6. The zero-order valence-corrected chi connectivity index (χ0v) is 19.4. The number of anilines is 1. The topological polar surface area (TPSA) is 89.7 Å². The van der Waals surface area contributed by atoms with Gasteiger partial charge >= 0.3 is 0 Å². The van der Waals surface area contributed by atoms with E-state index in [9.17, 15) is 9.18 Å². The Bertz CT molecular complexity index is 1140. The van der Waals surface area contributed by atoms with E-state index in [0.717, 1.165) is 44.0 Å². The summed E-state index contributed by atoms with van der Waals surface area (Å²) >= 11 is 6.07. The van der Waals surface area contributed by atoms with Crippen LogP contribution >= 0.6 is 11.6 Å². The molecule has 0 aliphatic carbocycles. The molecule has 34 heavy (non-hydrogen) atoms. The highest BCUT2D eigenvalue weighted by Crippen LogP contribution is 2.29. The number of amides is 1. The second-order valence-electron chi connectivity index (χ2n) is 7.92. The molecule has 0 unspecified atom stereocenters. The first-order chi connectivity index (χ1) is 16.5. The van der Waals surface area contributed by atoms with Gasteiger partial charge < -0.3 is 20.5 Å². The molecule has 0 atom stereocenters. The van der Waals surface area contributed by atoms with Gasteiger partial charge in [-0.3, -0.25) is 9.69 Å². The number of pyridine rings is 1. The summed E-state index contributed by atoms with van der Waals surface area (Å²) in [4.78, 5) is 18.9. The zero-order chi connectivity index (χ0) is 23.9. The molecular weight excluding hydrogens is 459 g/mol. The highest BCUT2D eigenvalue weighted by Gasteiger charge is 2.12. The van der Waals surface area contributed by atoms with Crippen LogP contribution in [0.1, 0.15) is 15.9 Å². The second-order valence-corrected chi connectivity index (χ2v) is 8.33. The quantitative estimate of drug-likeness (QED) is 0.506. The summed E-state index contributed by atoms with van der Waals surface area (Å²) in [5.74, 6) is 0.0997. The molecule has 7 nitrogen and oxygen atoms in total. The SMILES string of the molecule is Nc1ncc(-c2ccc(C(=O)NCCN3CCOCC3)cc2)cc1OCc1ccc(F)cc1Cl. The third-order valence-electron chi connectivity index (χ3n) is 5.58. The van der Waals surface area contributed by atoms with Crippen LogP contribution in [0.4, 0.5) is 10.2 Å². The number of nitrogens with zero attached hydrogens (tertiary/aromatic N) is 2. The van der Waals surface area contributed by atoms with Crippen LogP contribution in [0.2, 0.25) is 5.02 Å². The maximum Gasteiger partial charge on any atom is 0.251 e. The molecule has 0 spiro atoms. The number of benzene rings is 2. The van der Waals surface area contributed by atoms with E-state index in [2.05, 4.69) is 15.2 Å². The first-order valence-electron chi connectivity index (χ1n) is 11.0. The van der Waals surface area contributed by atoms with Crippen molar-refractivity contribution in [3.05, 3.63) is 76.7 Å². The minimum absolute atomic E-state index is 0.115. The Morgan fingerprint density at radius 2 is 1.91 bits per heavy atom. The molecule has 3 N–H and O–H groups in total. The predicted octanol–water partition coefficient (Wildman–Crippen LogP) is 3.76. The number of hydrogen-bond donors (Lipinski definition) is 2. The Hall–Kier alpha value is -3.20. The molecule has 9 heteroatoms. The fourth-order valence-corrected chi connectivity index (χ4v) is 3.81. The van der Waals surface area contributed by atoms with E-state index < -0.39 is 5.82 Å². The molecule has 0 saturated carbocycles. The fourth-order valence-electron chi connectivity index (χ4n) is 3.59. The summed E-state index contributed by atoms with van der Waals surface area (Å²) in [7, 11) is 0. The van der Waals surface area contributed by atoms with Gasteiger partial charge in [0.25, 0.3) is 5.91 Å². The molecule has 1 aromatic heterocycles. The summed E-state index contributed by atoms with van der Waals surface area (Å²) in [6.45, 7) is 4.77. The first kappa shape index (κ1) is 23.9. The van der Waals surface area contributed by atoms with Crippen molar-refractivity contribution >= 4 is 23.3 Å². The molecule has 0 bridgehead atoms. The van der Waals surface area contributed by atoms with Crippen LogP contribution in [0.3, 0.4) is 0 Å². The molecule has 1 aliphatic heterocycles. The van der Waals surface area contributed by atoms with Gasteiger partial charge in [-0.2, -0.15) is 0 Å². The standard InChI is InChI=1S/C25H26ClFN4O3/c26-22-14-21(27)6-5-19(22)16-34-23-13-20(15-30-24(23)28)17-1-3-18(4-2-17)25(32)29-7-8-31-9-11-33-12-10-31/h1-6,13-15H,7-12,16H2,(H2,28,30)(H,29,32). The molecule has 1 amide bonds. The van der Waals surface area contributed by atoms with Gasteiger partial charge in [-0.15, -0.1) is 0 Å². The van der Waals surface area contributed by atoms with Crippen LogP contribution in [-0.4, -0.2) is 55.2 Å². The van der Waals surface area contributed by atoms with Crippen LogP contribution in [0.25, 0.3) is 11.1 Å². The van der Waals surface area contributed by atoms with Crippen molar-refractivity contribution < 1.29 is 18.7 Å². The van der Waals surface area contributed by atoms with Gasteiger partial charge in [0.05, 0.1) is 18.2 Å². The molecule has 0 radical (unpaired) electrons. The van der Waals surface area contributed by atoms with E-state index in [4.69, 9.17) is 26.8 Å². The van der Waals surface area contributed by atoms with Crippen molar-refractivity contribution in [2.75, 3.05) is 45.1 Å². The van der Waals surface area contributed by atoms with E-state index in [1.165, 1.54) is 12.1 Å². The fraction of sp³-hybridized carbons (Fsp3) is 0.280. The van der Waals surface area contributed by atoms with Gasteiger partial charge in [0, 0.05) is 49.1 Å². The number of carbonyl (C=O) groups is 1. The summed E-state index contributed by atoms with van der Waals surface area (Å²) in [5.41, 5.74) is 8.83. The minimum atomic E-state index is -0.411. The van der Waals surface area contributed by atoms with Gasteiger partial charge in [-0.05, 0) is 35.9 Å². The van der Waals surface area contributed by atoms with Gasteiger partial charge in [-0.25, -0.2) is 9.37 Å². The molecule has 1 saturated heterocycles. The highest BCUT2D eigenvalue weighted by atomic mass is 35.5. The summed E-state index contributed by atoms with van der Waals surface area (Å²) in [6.07, 6.45) is 1.64. The number of halogens is 2. The molecule has 1 fully saturated rings. The van der Waals surface area contributed by atoms with Crippen molar-refractivity contribution in [1.29, 1.82) is 0 Å². The molecule has 178 valence electrons. The first-order valence-corrected chi connectivity index (χ1v) is 11.4. The lowest BCUT2D eigenvalue weighted by Crippen LogP contribution is -2.41. The molecule has 2 aromatic carbocycles. The van der Waals surface area contributed by atoms with Crippen LogP contribution in [0.5, 0.6) is 5.75 Å². The van der Waals surface area contributed by atoms with Gasteiger partial charge in [0.2, 0.25) is 0 Å². The van der Waals surface area contributed by atoms with Crippen molar-refractivity contribution in [3.8, 4) is 16.9 Å². The monoisotopic (exact) mass is 484 g/mol. The second kappa shape index (κ2) is 11.3. The maximum atomic E-state index is 13.2. The van der Waals surface area contributed by atoms with E-state index in [1.807, 2.05) is 12.1 Å². The van der Waals surface area contributed by atoms with Crippen molar-refractivity contribution in [2.24, 2.45) is 0 Å². The third-order valence-corrected chi connectivity index (χ3v) is 5.93. The minimum Gasteiger partial charge on any atom is -0.485 e. The summed E-state index contributed by atoms with van der Waals surface area (Å²) in [5, 5.41) is 3.24. The van der Waals surface area contributed by atoms with Gasteiger partial charge in [-0.1, -0.05) is 29.8 Å². The smallest absolute Gasteiger partial charge is 0.251 e. The lowest BCUT2D eigenvalue weighted by atomic mass is 10.0. The Morgan fingerprint density at radius 3 is 2.65 bits per heavy atom. The summed E-state index contributed by atoms with van der Waals surface area (Å²) in [6, 6.07) is 13.1. The van der Waals surface area contributed by atoms with Crippen molar-refractivity contribution in [3.63, 3.8) is 0 Å². The number of aromatic nitrogens is 1. The molecule has 1 aliphatic rings. The highest BCUT2D eigenvalue weighted by molar-refractivity contribution is 6.31. The summed E-state index contributed by atoms with van der Waals surface area (Å²) < 4.78 is 24.4. The van der Waals surface area contributed by atoms with Crippen molar-refractivity contribution in [2.45, 2.75) is 6.61 Å². The number of nitrogens with two attached hydrogens (primary N) is 1. The number of nitrogen functional groups attached to an aromatic ring is 1. The maximum absolute atomic E-state index is 13.2. The number of morpholine rings is 1. The Morgan fingerprint density at radius 1 is 1.15 bits per heavy atom. The van der Waals surface area contributed by atoms with Gasteiger partial charge in [0.1, 0.15) is 12.4 Å². The van der Waals surface area contributed by atoms with Crippen LogP contribution in [0, 0.1) is 5.82 Å². The van der Waals surface area contributed by atoms with E-state index >= 15 is 0 Å². The number of hydrogen-bond acceptors (Lipinski definition) is 6. The van der Waals surface area contributed by atoms with E-state index in [-0.39, 0.29) is 23.4 Å². The normalized spacial score (nSPS) is 14.1. The third kappa shape index (κ3) is 6.22. The number of nitrogens with one attached hydrogen (secondary N) is 1. The molecule has 3 aromatic rings.